The summed E-state index contributed by atoms with van der Waals surface area (Å²) in [5.41, 5.74) is 21.8. The number of fused-ring (bicyclic) bond motifs is 11. The standard InChI is InChI=1S/C54H41BN2S/c1-53(2)39-21-10-8-19-37(39)48-42(53)31-38(49-51(48)57-46-26-12-11-22-40(46)54(3,4)41-23-15-24-43(55-49)50(41)57)34-29-28-33(32-16-6-5-7-17-32)30-45(34)56-44-25-14-20-36-35-18-9-13-27-47(35)58-52(36)44/h5-31,55-56H,1-4H3. The van der Waals surface area contributed by atoms with Crippen LogP contribution in [0.15, 0.2) is 164 Å². The molecule has 2 aliphatic heterocycles. The minimum Gasteiger partial charge on any atom is -0.354 e. The molecule has 1 aromatic heterocycles. The Morgan fingerprint density at radius 3 is 2.09 bits per heavy atom. The van der Waals surface area contributed by atoms with Crippen LogP contribution < -0.4 is 21.1 Å². The van der Waals surface area contributed by atoms with Crippen molar-refractivity contribution in [3.8, 4) is 33.4 Å². The maximum atomic E-state index is 4.09. The molecule has 58 heavy (non-hydrogen) atoms. The summed E-state index contributed by atoms with van der Waals surface area (Å²) in [4.78, 5) is 2.66. The van der Waals surface area contributed by atoms with Crippen molar-refractivity contribution < 1.29 is 0 Å². The van der Waals surface area contributed by atoms with Crippen molar-refractivity contribution in [3.05, 3.63) is 186 Å². The van der Waals surface area contributed by atoms with Crippen LogP contribution in [0.4, 0.5) is 28.4 Å². The fourth-order valence-corrected chi connectivity index (χ4v) is 11.8. The number of anilines is 5. The van der Waals surface area contributed by atoms with Crippen molar-refractivity contribution in [1.29, 1.82) is 0 Å². The summed E-state index contributed by atoms with van der Waals surface area (Å²) in [6, 6.07) is 61.2. The zero-order valence-corrected chi connectivity index (χ0v) is 34.0. The largest absolute Gasteiger partial charge is 0.354 e. The van der Waals surface area contributed by atoms with E-state index in [0.29, 0.717) is 0 Å². The van der Waals surface area contributed by atoms with Crippen LogP contribution in [0.25, 0.3) is 53.6 Å². The zero-order valence-electron chi connectivity index (χ0n) is 33.2. The van der Waals surface area contributed by atoms with Crippen LogP contribution in [0.2, 0.25) is 0 Å². The Morgan fingerprint density at radius 2 is 1.21 bits per heavy atom. The molecule has 12 rings (SSSR count). The Labute approximate surface area is 344 Å². The van der Waals surface area contributed by atoms with E-state index in [-0.39, 0.29) is 10.8 Å². The highest BCUT2D eigenvalue weighted by Crippen LogP contribution is 2.59. The van der Waals surface area contributed by atoms with Crippen LogP contribution in [0, 0.1) is 0 Å². The molecule has 0 saturated heterocycles. The van der Waals surface area contributed by atoms with Gasteiger partial charge < -0.3 is 10.2 Å². The molecule has 4 heteroatoms. The third-order valence-electron chi connectivity index (χ3n) is 13.5. The normalized spacial score (nSPS) is 14.9. The van der Waals surface area contributed by atoms with Crippen molar-refractivity contribution in [2.24, 2.45) is 0 Å². The van der Waals surface area contributed by atoms with Gasteiger partial charge in [-0.25, -0.2) is 0 Å². The molecule has 0 atom stereocenters. The Balaban J connectivity index is 1.17. The molecule has 3 heterocycles. The molecule has 3 aliphatic rings. The Morgan fingerprint density at radius 1 is 0.500 bits per heavy atom. The van der Waals surface area contributed by atoms with E-state index in [9.17, 15) is 0 Å². The maximum absolute atomic E-state index is 4.09. The minimum atomic E-state index is -0.190. The second-order valence-electron chi connectivity index (χ2n) is 17.3. The molecule has 0 saturated carbocycles. The summed E-state index contributed by atoms with van der Waals surface area (Å²) in [5, 5.41) is 6.68. The molecule has 276 valence electrons. The predicted octanol–water partition coefficient (Wildman–Crippen LogP) is 13.2. The molecule has 0 fully saturated rings. The number of thiophene rings is 1. The van der Waals surface area contributed by atoms with Crippen molar-refractivity contribution >= 4 is 78.2 Å². The summed E-state index contributed by atoms with van der Waals surface area (Å²) in [5.74, 6) is 0. The zero-order chi connectivity index (χ0) is 38.9. The third kappa shape index (κ3) is 4.61. The molecular formula is C54H41BN2S. The SMILES string of the molecule is CC1(C)c2ccccc2-c2c1cc(-c1ccc(-c3ccccc3)cc1Nc1cccc3c1sc1ccccc13)c1c2N2c3ccccc3C(C)(C)c3cccc(c32)B1. The smallest absolute Gasteiger partial charge is 0.198 e. The summed E-state index contributed by atoms with van der Waals surface area (Å²) in [6.45, 7) is 9.64. The van der Waals surface area contributed by atoms with Gasteiger partial charge in [-0.15, -0.1) is 11.3 Å². The number of nitrogens with one attached hydrogen (secondary N) is 1. The van der Waals surface area contributed by atoms with Gasteiger partial charge in [0.25, 0.3) is 0 Å². The molecule has 8 aromatic carbocycles. The lowest BCUT2D eigenvalue weighted by Crippen LogP contribution is -2.46. The van der Waals surface area contributed by atoms with E-state index in [1.165, 1.54) is 104 Å². The fourth-order valence-electron chi connectivity index (χ4n) is 10.6. The number of benzene rings is 8. The van der Waals surface area contributed by atoms with Crippen LogP contribution >= 0.6 is 11.3 Å². The highest BCUT2D eigenvalue weighted by molar-refractivity contribution is 7.26. The fraction of sp³-hybridized carbons (Fsp3) is 0.111. The van der Waals surface area contributed by atoms with Gasteiger partial charge in [-0.3, -0.25) is 0 Å². The van der Waals surface area contributed by atoms with Gasteiger partial charge >= 0.3 is 0 Å². The van der Waals surface area contributed by atoms with Crippen molar-refractivity contribution in [1.82, 2.24) is 0 Å². The molecule has 1 aliphatic carbocycles. The van der Waals surface area contributed by atoms with E-state index in [1.807, 2.05) is 11.3 Å². The molecule has 0 bridgehead atoms. The molecule has 0 spiro atoms. The van der Waals surface area contributed by atoms with Gasteiger partial charge in [-0.2, -0.15) is 0 Å². The van der Waals surface area contributed by atoms with E-state index in [0.717, 1.165) is 18.7 Å². The second kappa shape index (κ2) is 12.1. The number of nitrogens with zero attached hydrogens (tertiary/aromatic N) is 1. The van der Waals surface area contributed by atoms with Crippen LogP contribution in [0.3, 0.4) is 0 Å². The predicted molar refractivity (Wildman–Crippen MR) is 251 cm³/mol. The topological polar surface area (TPSA) is 15.3 Å². The van der Waals surface area contributed by atoms with Crippen LogP contribution in [0.1, 0.15) is 49.9 Å². The summed E-state index contributed by atoms with van der Waals surface area (Å²) < 4.78 is 2.59. The molecule has 0 amide bonds. The van der Waals surface area contributed by atoms with Gasteiger partial charge in [0, 0.05) is 54.5 Å². The lowest BCUT2D eigenvalue weighted by Gasteiger charge is -2.46. The highest BCUT2D eigenvalue weighted by atomic mass is 32.1. The summed E-state index contributed by atoms with van der Waals surface area (Å²) in [7, 11) is 0.851. The number of hydrogen-bond donors (Lipinski definition) is 1. The summed E-state index contributed by atoms with van der Waals surface area (Å²) in [6.07, 6.45) is 0. The third-order valence-corrected chi connectivity index (χ3v) is 14.7. The van der Waals surface area contributed by atoms with Gasteiger partial charge in [0.05, 0.1) is 16.1 Å². The van der Waals surface area contributed by atoms with E-state index >= 15 is 0 Å². The summed E-state index contributed by atoms with van der Waals surface area (Å²) >= 11 is 1.87. The average Bonchev–Trinajstić information content (AvgIpc) is 3.75. The first kappa shape index (κ1) is 33.8. The molecule has 1 N–H and O–H groups in total. The van der Waals surface area contributed by atoms with Gasteiger partial charge in [-0.05, 0) is 80.3 Å². The van der Waals surface area contributed by atoms with Crippen molar-refractivity contribution in [2.75, 3.05) is 10.2 Å². The van der Waals surface area contributed by atoms with E-state index in [1.54, 1.807) is 0 Å². The van der Waals surface area contributed by atoms with Gasteiger partial charge in [-0.1, -0.05) is 167 Å². The molecular weight excluding hydrogens is 719 g/mol. The molecule has 2 nitrogen and oxygen atoms in total. The Bertz CT molecular complexity index is 3190. The van der Waals surface area contributed by atoms with Crippen molar-refractivity contribution in [2.45, 2.75) is 38.5 Å². The van der Waals surface area contributed by atoms with Crippen LogP contribution in [0.5, 0.6) is 0 Å². The monoisotopic (exact) mass is 760 g/mol. The molecule has 9 aromatic rings. The van der Waals surface area contributed by atoms with Crippen LogP contribution in [-0.2, 0) is 10.8 Å². The highest BCUT2D eigenvalue weighted by Gasteiger charge is 2.46. The molecule has 0 radical (unpaired) electrons. The first-order chi connectivity index (χ1) is 28.3. The lowest BCUT2D eigenvalue weighted by atomic mass is 9.55. The Kier molecular flexibility index (Phi) is 7.03. The number of hydrogen-bond acceptors (Lipinski definition) is 3. The minimum absolute atomic E-state index is 0.133. The van der Waals surface area contributed by atoms with E-state index in [4.69, 9.17) is 0 Å². The quantitative estimate of drug-likeness (QED) is 0.180. The van der Waals surface area contributed by atoms with E-state index < -0.39 is 0 Å². The van der Waals surface area contributed by atoms with Crippen molar-refractivity contribution in [3.63, 3.8) is 0 Å². The average molecular weight is 761 g/mol. The van der Waals surface area contributed by atoms with Gasteiger partial charge in [0.15, 0.2) is 7.28 Å². The second-order valence-corrected chi connectivity index (χ2v) is 18.4. The molecule has 0 unspecified atom stereocenters. The van der Waals surface area contributed by atoms with Crippen LogP contribution in [-0.4, -0.2) is 7.28 Å². The van der Waals surface area contributed by atoms with Gasteiger partial charge in [0.2, 0.25) is 0 Å². The Hall–Kier alpha value is -6.36. The lowest BCUT2D eigenvalue weighted by molar-refractivity contribution is 0.632. The number of para-hydroxylation sites is 2. The maximum Gasteiger partial charge on any atom is 0.198 e. The first-order valence-electron chi connectivity index (χ1n) is 20.5. The number of rotatable bonds is 4. The van der Waals surface area contributed by atoms with E-state index in [2.05, 4.69) is 202 Å². The van der Waals surface area contributed by atoms with Gasteiger partial charge in [0.1, 0.15) is 0 Å². The first-order valence-corrected chi connectivity index (χ1v) is 21.3.